The number of aryl methyl sites for hydroxylation is 2. The van der Waals surface area contributed by atoms with E-state index in [9.17, 15) is 28.6 Å². The second kappa shape index (κ2) is 6.24. The molecule has 0 spiro atoms. The van der Waals surface area contributed by atoms with Crippen molar-refractivity contribution >= 4 is 21.5 Å². The Labute approximate surface area is 136 Å². The Hall–Kier alpha value is -3.01. The van der Waals surface area contributed by atoms with Gasteiger partial charge in [0.25, 0.3) is 11.4 Å². The normalized spacial score (nSPS) is 11.1. The summed E-state index contributed by atoms with van der Waals surface area (Å²) in [6.07, 6.45) is 0. The predicted octanol–water partition coefficient (Wildman–Crippen LogP) is 2.89. The minimum Gasteiger partial charge on any atom is -0.379 e. The van der Waals surface area contributed by atoms with Gasteiger partial charge in [-0.3, -0.25) is 20.2 Å². The van der Waals surface area contributed by atoms with Gasteiger partial charge >= 0.3 is 10.1 Å². The molecule has 0 saturated heterocycles. The molecular formula is C14H12N2O7S. The minimum absolute atomic E-state index is 0.309. The minimum atomic E-state index is -4.53. The topological polar surface area (TPSA) is 130 Å². The highest BCUT2D eigenvalue weighted by atomic mass is 32.2. The second-order valence-electron chi connectivity index (χ2n) is 4.95. The molecule has 2 aromatic carbocycles. The molecule has 0 fully saturated rings. The van der Waals surface area contributed by atoms with Gasteiger partial charge in [-0.05, 0) is 37.1 Å². The maximum atomic E-state index is 12.4. The van der Waals surface area contributed by atoms with Crippen molar-refractivity contribution in [1.29, 1.82) is 0 Å². The molecule has 0 bridgehead atoms. The van der Waals surface area contributed by atoms with Crippen LogP contribution in [0.2, 0.25) is 0 Å². The third kappa shape index (κ3) is 3.49. The molecule has 0 unspecified atom stereocenters. The van der Waals surface area contributed by atoms with Crippen LogP contribution in [0.1, 0.15) is 11.1 Å². The van der Waals surface area contributed by atoms with Gasteiger partial charge in [0.05, 0.1) is 15.9 Å². The van der Waals surface area contributed by atoms with Crippen LogP contribution in [-0.2, 0) is 10.1 Å². The molecule has 0 aliphatic rings. The number of nitrogens with zero attached hydrogens (tertiary/aromatic N) is 2. The number of nitro groups is 2. The number of nitro benzene ring substituents is 2. The van der Waals surface area contributed by atoms with Crippen molar-refractivity contribution in [2.24, 2.45) is 0 Å². The quantitative estimate of drug-likeness (QED) is 0.459. The van der Waals surface area contributed by atoms with E-state index in [4.69, 9.17) is 4.18 Å². The maximum Gasteiger partial charge on any atom is 0.346 e. The standard InChI is InChI=1S/C14H12N2O7S/c1-9-6-13(16(19)20)14(7-10(9)2)24(21,22)23-12-5-3-4-11(8-12)15(17)18/h3-8H,1-2H3. The second-order valence-corrected chi connectivity index (χ2v) is 6.47. The molecule has 10 heteroatoms. The molecule has 0 aromatic heterocycles. The Balaban J connectivity index is 2.52. The van der Waals surface area contributed by atoms with Gasteiger partial charge in [0, 0.05) is 12.1 Å². The molecule has 9 nitrogen and oxygen atoms in total. The molecule has 2 aromatic rings. The fraction of sp³-hybridized carbons (Fsp3) is 0.143. The summed E-state index contributed by atoms with van der Waals surface area (Å²) >= 11 is 0. The van der Waals surface area contributed by atoms with E-state index >= 15 is 0 Å². The van der Waals surface area contributed by atoms with Crippen molar-refractivity contribution in [3.8, 4) is 5.75 Å². The van der Waals surface area contributed by atoms with Crippen molar-refractivity contribution in [2.45, 2.75) is 18.7 Å². The summed E-state index contributed by atoms with van der Waals surface area (Å²) in [4.78, 5) is 19.7. The van der Waals surface area contributed by atoms with E-state index in [2.05, 4.69) is 0 Å². The Kier molecular flexibility index (Phi) is 4.51. The molecule has 0 radical (unpaired) electrons. The summed E-state index contributed by atoms with van der Waals surface area (Å²) in [6.45, 7) is 3.21. The molecule has 0 amide bonds. The largest absolute Gasteiger partial charge is 0.379 e. The summed E-state index contributed by atoms with van der Waals surface area (Å²) in [7, 11) is -4.53. The molecule has 24 heavy (non-hydrogen) atoms. The monoisotopic (exact) mass is 352 g/mol. The number of non-ortho nitro benzene ring substituents is 1. The zero-order chi connectivity index (χ0) is 18.1. The van der Waals surface area contributed by atoms with Crippen LogP contribution in [0.25, 0.3) is 0 Å². The summed E-state index contributed by atoms with van der Waals surface area (Å²) in [5.41, 5.74) is 0.0960. The molecule has 2 rings (SSSR count). The summed E-state index contributed by atoms with van der Waals surface area (Å²) in [6, 6.07) is 6.82. The lowest BCUT2D eigenvalue weighted by molar-refractivity contribution is -0.387. The highest BCUT2D eigenvalue weighted by Crippen LogP contribution is 2.30. The fourth-order valence-corrected chi connectivity index (χ4v) is 3.10. The Morgan fingerprint density at radius 3 is 2.17 bits per heavy atom. The van der Waals surface area contributed by atoms with Crippen molar-refractivity contribution < 1.29 is 22.4 Å². The Morgan fingerprint density at radius 1 is 0.958 bits per heavy atom. The van der Waals surface area contributed by atoms with E-state index in [0.29, 0.717) is 11.1 Å². The average Bonchev–Trinajstić information content (AvgIpc) is 2.49. The molecule has 0 saturated carbocycles. The van der Waals surface area contributed by atoms with Gasteiger partial charge in [0.15, 0.2) is 4.90 Å². The van der Waals surface area contributed by atoms with Crippen molar-refractivity contribution in [1.82, 2.24) is 0 Å². The van der Waals surface area contributed by atoms with E-state index in [1.54, 1.807) is 13.8 Å². The zero-order valence-electron chi connectivity index (χ0n) is 12.6. The van der Waals surface area contributed by atoms with Gasteiger partial charge in [-0.15, -0.1) is 0 Å². The van der Waals surface area contributed by atoms with Crippen LogP contribution in [-0.4, -0.2) is 18.3 Å². The molecule has 0 N–H and O–H groups in total. The first-order chi connectivity index (χ1) is 11.1. The van der Waals surface area contributed by atoms with Crippen molar-refractivity contribution in [3.05, 3.63) is 67.8 Å². The van der Waals surface area contributed by atoms with E-state index in [0.717, 1.165) is 24.3 Å². The maximum absolute atomic E-state index is 12.4. The van der Waals surface area contributed by atoms with E-state index in [1.165, 1.54) is 12.1 Å². The molecular weight excluding hydrogens is 340 g/mol. The first kappa shape index (κ1) is 17.3. The highest BCUT2D eigenvalue weighted by Gasteiger charge is 2.29. The number of benzene rings is 2. The molecule has 0 heterocycles. The average molecular weight is 352 g/mol. The van der Waals surface area contributed by atoms with Crippen molar-refractivity contribution in [2.75, 3.05) is 0 Å². The van der Waals surface area contributed by atoms with Crippen LogP contribution in [0, 0.1) is 34.1 Å². The third-order valence-electron chi connectivity index (χ3n) is 3.28. The van der Waals surface area contributed by atoms with Crippen LogP contribution in [0.15, 0.2) is 41.3 Å². The molecule has 0 aliphatic heterocycles. The van der Waals surface area contributed by atoms with Crippen molar-refractivity contribution in [3.63, 3.8) is 0 Å². The summed E-state index contributed by atoms with van der Waals surface area (Å²) in [5, 5.41) is 21.8. The highest BCUT2D eigenvalue weighted by molar-refractivity contribution is 7.87. The summed E-state index contributed by atoms with van der Waals surface area (Å²) in [5.74, 6) is -0.309. The van der Waals surface area contributed by atoms with Crippen LogP contribution in [0.5, 0.6) is 5.75 Å². The first-order valence-corrected chi connectivity index (χ1v) is 7.97. The number of hydrogen-bond donors (Lipinski definition) is 0. The lowest BCUT2D eigenvalue weighted by atomic mass is 10.1. The van der Waals surface area contributed by atoms with Gasteiger partial charge in [0.1, 0.15) is 5.75 Å². The smallest absolute Gasteiger partial charge is 0.346 e. The SMILES string of the molecule is Cc1cc([N+](=O)[O-])c(S(=O)(=O)Oc2cccc([N+](=O)[O-])c2)cc1C. The van der Waals surface area contributed by atoms with Gasteiger partial charge in [0.2, 0.25) is 0 Å². The molecule has 0 aliphatic carbocycles. The van der Waals surface area contributed by atoms with Gasteiger partial charge in [-0.25, -0.2) is 0 Å². The zero-order valence-corrected chi connectivity index (χ0v) is 13.4. The summed E-state index contributed by atoms with van der Waals surface area (Å²) < 4.78 is 29.6. The van der Waals surface area contributed by atoms with E-state index in [1.807, 2.05) is 0 Å². The van der Waals surface area contributed by atoms with Crippen LogP contribution >= 0.6 is 0 Å². The Morgan fingerprint density at radius 2 is 1.58 bits per heavy atom. The van der Waals surface area contributed by atoms with Crippen LogP contribution < -0.4 is 4.18 Å². The number of hydrogen-bond acceptors (Lipinski definition) is 7. The van der Waals surface area contributed by atoms with Gasteiger partial charge in [-0.2, -0.15) is 8.42 Å². The van der Waals surface area contributed by atoms with E-state index < -0.39 is 30.5 Å². The predicted molar refractivity (Wildman–Crippen MR) is 83.5 cm³/mol. The van der Waals surface area contributed by atoms with Gasteiger partial charge < -0.3 is 4.18 Å². The van der Waals surface area contributed by atoms with Crippen LogP contribution in [0.3, 0.4) is 0 Å². The Bertz CT molecular complexity index is 938. The van der Waals surface area contributed by atoms with Crippen LogP contribution in [0.4, 0.5) is 11.4 Å². The fourth-order valence-electron chi connectivity index (χ4n) is 1.94. The lowest BCUT2D eigenvalue weighted by Gasteiger charge is -2.09. The first-order valence-electron chi connectivity index (χ1n) is 6.56. The molecule has 126 valence electrons. The third-order valence-corrected chi connectivity index (χ3v) is 4.55. The molecule has 0 atom stereocenters. The number of rotatable bonds is 5. The van der Waals surface area contributed by atoms with Gasteiger partial charge in [-0.1, -0.05) is 6.07 Å². The lowest BCUT2D eigenvalue weighted by Crippen LogP contribution is -2.13. The van der Waals surface area contributed by atoms with E-state index in [-0.39, 0.29) is 11.4 Å².